The molecule has 0 fully saturated rings. The molecule has 2 atom stereocenters. The molecule has 14 nitrogen and oxygen atoms in total. The third kappa shape index (κ3) is 6.32. The molecule has 330 valence electrons. The predicted octanol–water partition coefficient (Wildman–Crippen LogP) is 12.3. The number of anilines is 2. The molecule has 14 rings (SSSR count). The zero-order valence-corrected chi connectivity index (χ0v) is 36.5. The van der Waals surface area contributed by atoms with E-state index >= 15 is 0 Å². The van der Waals surface area contributed by atoms with Crippen LogP contribution in [0.2, 0.25) is 0 Å². The average Bonchev–Trinajstić information content (AvgIpc) is 4.26. The van der Waals surface area contributed by atoms with Crippen LogP contribution in [0.3, 0.4) is 0 Å². The van der Waals surface area contributed by atoms with Crippen molar-refractivity contribution in [3.63, 3.8) is 0 Å². The summed E-state index contributed by atoms with van der Waals surface area (Å²) in [6.45, 7) is 0.773. The Hall–Kier alpha value is -8.78. The number of dihydropyridines is 2. The molecule has 0 N–H and O–H groups in total. The van der Waals surface area contributed by atoms with Crippen LogP contribution in [0.15, 0.2) is 170 Å². The minimum absolute atomic E-state index is 0.105. The largest absolute Gasteiger partial charge is 0.426 e. The van der Waals surface area contributed by atoms with Crippen LogP contribution >= 0.6 is 0 Å². The van der Waals surface area contributed by atoms with E-state index in [4.69, 9.17) is 33.3 Å². The Morgan fingerprint density at radius 2 is 1.57 bits per heavy atom. The lowest BCUT2D eigenvalue weighted by Gasteiger charge is -2.29. The number of aromatic nitrogens is 6. The topological polar surface area (TPSA) is 139 Å². The molecule has 1 aliphatic carbocycles. The third-order valence-corrected chi connectivity index (χ3v) is 13.3. The second-order valence-electron chi connectivity index (χ2n) is 17.3. The minimum atomic E-state index is -0.320. The number of pyridine rings is 1. The number of fused-ring (bicyclic) bond motifs is 8. The van der Waals surface area contributed by atoms with E-state index in [1.54, 1.807) is 17.2 Å². The Labute approximate surface area is 388 Å². The highest BCUT2D eigenvalue weighted by molar-refractivity contribution is 6.10. The molecule has 0 spiro atoms. The fraction of sp³-hybridized carbons (Fsp3) is 0.148. The van der Waals surface area contributed by atoms with E-state index in [2.05, 4.69) is 114 Å². The van der Waals surface area contributed by atoms with Gasteiger partial charge in [-0.1, -0.05) is 36.4 Å². The molecule has 0 bridgehead atoms. The predicted molar refractivity (Wildman–Crippen MR) is 264 cm³/mol. The van der Waals surface area contributed by atoms with Gasteiger partial charge in [0.15, 0.2) is 5.82 Å². The standard InChI is InChI=1S/C54H40N10O4/c1-3-8-35(9-4-1)61-44-16-14-41(43-18-20-49(64-57-26-27-58-64)62(43)36-10-5-2-6-11-36)59-52(44)53-45(61)17-19-48(60-53)68-51-31-34-29-46-33(28-47(34)67-51)30-50(66-46)65-38-13-15-42-40(32-38)39-12-7-23-56-54(39)63(42)37-21-24-55-25-22-37/h1-5,8-10,13-21,23-24,26-32,44,52H,6-7,11-12,22,25H2. The van der Waals surface area contributed by atoms with Crippen LogP contribution in [-0.4, -0.2) is 59.8 Å². The molecule has 0 radical (unpaired) electrons. The Kier molecular flexibility index (Phi) is 8.72. The summed E-state index contributed by atoms with van der Waals surface area (Å²) in [6, 6.07) is 31.9. The SMILES string of the molecule is C1=CCCC(n2c(C3=NC4c5nc(Oc6cc7cc8oc(Oc9ccc%10c(c9)c9c(n%10C%10=CC=NCC%10)N=CCC9)cc8cc7o6)ccc5N(c5ccccc5)C4C=C3)ccc2-n2nccn2)=C1. The van der Waals surface area contributed by atoms with Gasteiger partial charge in [0.2, 0.25) is 5.88 Å². The van der Waals surface area contributed by atoms with Crippen LogP contribution in [0.1, 0.15) is 48.7 Å². The van der Waals surface area contributed by atoms with Crippen molar-refractivity contribution in [2.45, 2.75) is 44.2 Å². The zero-order valence-electron chi connectivity index (χ0n) is 36.5. The molecule has 3 aromatic carbocycles. The second-order valence-corrected chi connectivity index (χ2v) is 17.3. The number of rotatable bonds is 9. The first kappa shape index (κ1) is 38.5. The van der Waals surface area contributed by atoms with E-state index in [-0.39, 0.29) is 12.1 Å². The molecule has 5 aliphatic rings. The van der Waals surface area contributed by atoms with E-state index in [0.717, 1.165) is 106 Å². The van der Waals surface area contributed by atoms with E-state index in [1.165, 1.54) is 11.3 Å². The number of aryl methyl sites for hydroxylation is 1. The van der Waals surface area contributed by atoms with Gasteiger partial charge in [0.25, 0.3) is 11.9 Å². The molecule has 0 amide bonds. The Bertz CT molecular complexity index is 3670. The summed E-state index contributed by atoms with van der Waals surface area (Å²) < 4.78 is 29.8. The molecule has 6 aromatic heterocycles. The van der Waals surface area contributed by atoms with Crippen molar-refractivity contribution in [1.29, 1.82) is 0 Å². The van der Waals surface area contributed by atoms with Crippen molar-refractivity contribution in [1.82, 2.24) is 29.1 Å². The highest BCUT2D eigenvalue weighted by Crippen LogP contribution is 2.49. The lowest BCUT2D eigenvalue weighted by atomic mass is 10.0. The Morgan fingerprint density at radius 3 is 2.38 bits per heavy atom. The molecule has 68 heavy (non-hydrogen) atoms. The number of hydrogen-bond donors (Lipinski definition) is 0. The first-order valence-corrected chi connectivity index (χ1v) is 22.9. The molecule has 9 aromatic rings. The van der Waals surface area contributed by atoms with Crippen LogP contribution in [-0.2, 0) is 6.42 Å². The van der Waals surface area contributed by atoms with Gasteiger partial charge in [0.05, 0.1) is 46.7 Å². The van der Waals surface area contributed by atoms with Gasteiger partial charge in [-0.15, -0.1) is 4.80 Å². The fourth-order valence-corrected chi connectivity index (χ4v) is 10.3. The maximum atomic E-state index is 6.41. The lowest BCUT2D eigenvalue weighted by molar-refractivity contribution is 0.349. The summed E-state index contributed by atoms with van der Waals surface area (Å²) >= 11 is 0. The average molecular weight is 893 g/mol. The number of furan rings is 2. The lowest BCUT2D eigenvalue weighted by Crippen LogP contribution is -2.30. The summed E-state index contributed by atoms with van der Waals surface area (Å²) in [6.07, 6.45) is 24.7. The fourth-order valence-electron chi connectivity index (χ4n) is 10.3. The number of nitrogens with zero attached hydrogens (tertiary/aromatic N) is 10. The second kappa shape index (κ2) is 15.4. The quantitative estimate of drug-likeness (QED) is 0.140. The van der Waals surface area contributed by atoms with Crippen molar-refractivity contribution in [2.24, 2.45) is 15.0 Å². The normalized spacial score (nSPS) is 18.2. The first-order valence-electron chi connectivity index (χ1n) is 22.9. The first-order chi connectivity index (χ1) is 33.7. The van der Waals surface area contributed by atoms with Gasteiger partial charge in [-0.05, 0) is 105 Å². The Morgan fingerprint density at radius 1 is 0.735 bits per heavy atom. The van der Waals surface area contributed by atoms with Crippen molar-refractivity contribution >= 4 is 79.6 Å². The molecule has 0 saturated carbocycles. The summed E-state index contributed by atoms with van der Waals surface area (Å²) in [5.74, 6) is 3.64. The van der Waals surface area contributed by atoms with Gasteiger partial charge in [0, 0.05) is 82.4 Å². The van der Waals surface area contributed by atoms with E-state index in [0.29, 0.717) is 34.7 Å². The highest BCUT2D eigenvalue weighted by Gasteiger charge is 2.42. The van der Waals surface area contributed by atoms with E-state index in [9.17, 15) is 0 Å². The van der Waals surface area contributed by atoms with Crippen molar-refractivity contribution in [2.75, 3.05) is 11.4 Å². The van der Waals surface area contributed by atoms with Gasteiger partial charge in [-0.3, -0.25) is 19.1 Å². The van der Waals surface area contributed by atoms with E-state index < -0.39 is 0 Å². The molecule has 2 unspecified atom stereocenters. The van der Waals surface area contributed by atoms with Gasteiger partial charge < -0.3 is 23.2 Å². The van der Waals surface area contributed by atoms with Crippen LogP contribution < -0.4 is 14.4 Å². The number of ether oxygens (including phenoxy) is 2. The van der Waals surface area contributed by atoms with Crippen LogP contribution in [0.4, 0.5) is 17.2 Å². The smallest absolute Gasteiger partial charge is 0.292 e. The van der Waals surface area contributed by atoms with Crippen LogP contribution in [0, 0.1) is 0 Å². The maximum Gasteiger partial charge on any atom is 0.292 e. The molecular formula is C54H40N10O4. The number of allylic oxidation sites excluding steroid dienone is 6. The number of benzene rings is 3. The monoisotopic (exact) mass is 892 g/mol. The molecule has 14 heteroatoms. The Balaban J connectivity index is 0.763. The van der Waals surface area contributed by atoms with Crippen molar-refractivity contribution < 1.29 is 18.3 Å². The molecular weight excluding hydrogens is 853 g/mol. The number of aliphatic imine (C=N–C) groups is 3. The number of hydrogen-bond acceptors (Lipinski definition) is 11. The van der Waals surface area contributed by atoms with E-state index in [1.807, 2.05) is 61.0 Å². The van der Waals surface area contributed by atoms with Crippen molar-refractivity contribution in [3.05, 3.63) is 163 Å². The number of para-hydroxylation sites is 1. The third-order valence-electron chi connectivity index (χ3n) is 13.3. The van der Waals surface area contributed by atoms with Crippen LogP contribution in [0.25, 0.3) is 50.1 Å². The minimum Gasteiger partial charge on any atom is -0.426 e. The summed E-state index contributed by atoms with van der Waals surface area (Å²) in [5, 5.41) is 11.7. The van der Waals surface area contributed by atoms with Gasteiger partial charge >= 0.3 is 0 Å². The highest BCUT2D eigenvalue weighted by atomic mass is 16.6. The van der Waals surface area contributed by atoms with Crippen LogP contribution in [0.5, 0.6) is 23.5 Å². The van der Waals surface area contributed by atoms with Gasteiger partial charge in [-0.2, -0.15) is 10.2 Å². The van der Waals surface area contributed by atoms with Crippen molar-refractivity contribution in [3.8, 4) is 29.3 Å². The summed E-state index contributed by atoms with van der Waals surface area (Å²) in [4.78, 5) is 23.8. The van der Waals surface area contributed by atoms with Gasteiger partial charge in [0.1, 0.15) is 28.8 Å². The maximum absolute atomic E-state index is 6.41. The zero-order chi connectivity index (χ0) is 44.7. The van der Waals surface area contributed by atoms with Gasteiger partial charge in [-0.25, -0.2) is 9.98 Å². The molecule has 10 heterocycles. The molecule has 4 aliphatic heterocycles. The molecule has 0 saturated heterocycles. The summed E-state index contributed by atoms with van der Waals surface area (Å²) in [5.41, 5.74) is 10.6. The summed E-state index contributed by atoms with van der Waals surface area (Å²) in [7, 11) is 0.